The fourth-order valence-corrected chi connectivity index (χ4v) is 2.87. The van der Waals surface area contributed by atoms with Crippen molar-refractivity contribution in [3.8, 4) is 0 Å². The van der Waals surface area contributed by atoms with Crippen molar-refractivity contribution >= 4 is 33.3 Å². The minimum atomic E-state index is -3.86. The van der Waals surface area contributed by atoms with Crippen LogP contribution in [-0.4, -0.2) is 24.5 Å². The lowest BCUT2D eigenvalue weighted by molar-refractivity contribution is 0.0696. The number of carboxylic acid groups (broad SMARTS) is 1. The Hall–Kier alpha value is -2.12. The van der Waals surface area contributed by atoms with Gasteiger partial charge in [-0.3, -0.25) is 4.72 Å². The van der Waals surface area contributed by atoms with E-state index in [0.29, 0.717) is 0 Å². The van der Waals surface area contributed by atoms with Gasteiger partial charge in [0.1, 0.15) is 0 Å². The van der Waals surface area contributed by atoms with Gasteiger partial charge in [-0.15, -0.1) is 0 Å². The molecule has 0 spiro atoms. The van der Waals surface area contributed by atoms with Gasteiger partial charge in [0.15, 0.2) is 5.15 Å². The maximum atomic E-state index is 12.2. The second-order valence-corrected chi connectivity index (χ2v) is 6.33. The molecule has 0 amide bonds. The number of nitrogens with one attached hydrogen (secondary N) is 1. The molecule has 110 valence electrons. The number of carboxylic acids is 1. The highest BCUT2D eigenvalue weighted by Gasteiger charge is 2.17. The molecule has 0 radical (unpaired) electrons. The monoisotopic (exact) mass is 326 g/mol. The van der Waals surface area contributed by atoms with Gasteiger partial charge in [-0.25, -0.2) is 18.2 Å². The quantitative estimate of drug-likeness (QED) is 0.842. The number of benzene rings is 1. The van der Waals surface area contributed by atoms with Crippen LogP contribution in [0.2, 0.25) is 5.15 Å². The van der Waals surface area contributed by atoms with Gasteiger partial charge in [0, 0.05) is 6.20 Å². The molecule has 0 aliphatic heterocycles. The number of rotatable bonds is 4. The van der Waals surface area contributed by atoms with E-state index in [2.05, 4.69) is 9.71 Å². The maximum absolute atomic E-state index is 12.2. The standard InChI is InChI=1S/C13H11ClN2O4S/c1-8-6-11(12(14)15-7-8)16-21(19,20)10-4-2-9(3-5-10)13(17)18/h2-7,16H,1H3,(H,17,18). The molecule has 1 aromatic heterocycles. The van der Waals surface area contributed by atoms with Crippen molar-refractivity contribution in [1.29, 1.82) is 0 Å². The third-order valence-corrected chi connectivity index (χ3v) is 4.31. The molecule has 1 aromatic carbocycles. The number of hydrogen-bond acceptors (Lipinski definition) is 4. The van der Waals surface area contributed by atoms with Crippen LogP contribution in [0, 0.1) is 6.92 Å². The van der Waals surface area contributed by atoms with E-state index in [9.17, 15) is 13.2 Å². The number of aromatic nitrogens is 1. The molecule has 1 heterocycles. The van der Waals surface area contributed by atoms with E-state index < -0.39 is 16.0 Å². The Morgan fingerprint density at radius 2 is 1.90 bits per heavy atom. The van der Waals surface area contributed by atoms with Crippen molar-refractivity contribution in [2.45, 2.75) is 11.8 Å². The molecule has 0 unspecified atom stereocenters. The van der Waals surface area contributed by atoms with Crippen LogP contribution in [0.5, 0.6) is 0 Å². The van der Waals surface area contributed by atoms with Gasteiger partial charge in [-0.05, 0) is 42.8 Å². The molecule has 2 N–H and O–H groups in total. The number of aromatic carboxylic acids is 1. The molecule has 6 nitrogen and oxygen atoms in total. The molecular formula is C13H11ClN2O4S. The van der Waals surface area contributed by atoms with Crippen molar-refractivity contribution in [3.63, 3.8) is 0 Å². The molecule has 2 rings (SSSR count). The highest BCUT2D eigenvalue weighted by molar-refractivity contribution is 7.92. The van der Waals surface area contributed by atoms with Crippen LogP contribution in [0.15, 0.2) is 41.4 Å². The number of anilines is 1. The van der Waals surface area contributed by atoms with Gasteiger partial charge in [0.25, 0.3) is 10.0 Å². The van der Waals surface area contributed by atoms with Crippen molar-refractivity contribution < 1.29 is 18.3 Å². The summed E-state index contributed by atoms with van der Waals surface area (Å²) in [6, 6.07) is 6.41. The predicted octanol–water partition coefficient (Wildman–Crippen LogP) is 2.54. The molecular weight excluding hydrogens is 316 g/mol. The van der Waals surface area contributed by atoms with Crippen LogP contribution in [0.25, 0.3) is 0 Å². The van der Waals surface area contributed by atoms with Crippen molar-refractivity contribution in [2.24, 2.45) is 0 Å². The third kappa shape index (κ3) is 3.50. The molecule has 21 heavy (non-hydrogen) atoms. The summed E-state index contributed by atoms with van der Waals surface area (Å²) >= 11 is 5.84. The highest BCUT2D eigenvalue weighted by atomic mass is 35.5. The lowest BCUT2D eigenvalue weighted by Crippen LogP contribution is -2.14. The minimum absolute atomic E-state index is 0.00389. The second kappa shape index (κ2) is 5.71. The molecule has 0 aliphatic rings. The van der Waals surface area contributed by atoms with Crippen molar-refractivity contribution in [2.75, 3.05) is 4.72 Å². The third-order valence-electron chi connectivity index (χ3n) is 2.63. The van der Waals surface area contributed by atoms with E-state index in [1.165, 1.54) is 30.5 Å². The first-order chi connectivity index (χ1) is 9.79. The van der Waals surface area contributed by atoms with Gasteiger partial charge in [0.2, 0.25) is 0 Å². The van der Waals surface area contributed by atoms with E-state index in [4.69, 9.17) is 16.7 Å². The Morgan fingerprint density at radius 3 is 2.48 bits per heavy atom. The number of halogens is 1. The summed E-state index contributed by atoms with van der Waals surface area (Å²) in [5.74, 6) is -1.13. The largest absolute Gasteiger partial charge is 0.478 e. The minimum Gasteiger partial charge on any atom is -0.478 e. The SMILES string of the molecule is Cc1cnc(Cl)c(NS(=O)(=O)c2ccc(C(=O)O)cc2)c1. The summed E-state index contributed by atoms with van der Waals surface area (Å²) in [5, 5.41) is 8.82. The van der Waals surface area contributed by atoms with Crippen LogP contribution in [0.1, 0.15) is 15.9 Å². The maximum Gasteiger partial charge on any atom is 0.335 e. The van der Waals surface area contributed by atoms with Gasteiger partial charge in [-0.2, -0.15) is 0 Å². The van der Waals surface area contributed by atoms with Gasteiger partial charge in [0.05, 0.1) is 16.1 Å². The Labute approximate surface area is 126 Å². The molecule has 0 aliphatic carbocycles. The van der Waals surface area contributed by atoms with Crippen molar-refractivity contribution in [3.05, 3.63) is 52.8 Å². The normalized spacial score (nSPS) is 11.1. The van der Waals surface area contributed by atoms with E-state index in [1.54, 1.807) is 13.0 Å². The zero-order chi connectivity index (χ0) is 15.6. The lowest BCUT2D eigenvalue weighted by atomic mass is 10.2. The fourth-order valence-electron chi connectivity index (χ4n) is 1.60. The van der Waals surface area contributed by atoms with Gasteiger partial charge >= 0.3 is 5.97 Å². The summed E-state index contributed by atoms with van der Waals surface area (Å²) in [6.07, 6.45) is 1.52. The zero-order valence-corrected chi connectivity index (χ0v) is 12.4. The number of aryl methyl sites for hydroxylation is 1. The molecule has 0 saturated heterocycles. The number of pyridine rings is 1. The van der Waals surface area contributed by atoms with E-state index >= 15 is 0 Å². The zero-order valence-electron chi connectivity index (χ0n) is 10.9. The van der Waals surface area contributed by atoms with Crippen LogP contribution in [0.4, 0.5) is 5.69 Å². The fraction of sp³-hybridized carbons (Fsp3) is 0.0769. The summed E-state index contributed by atoms with van der Waals surface area (Å²) < 4.78 is 26.7. The Bertz CT molecular complexity index is 788. The predicted molar refractivity (Wildman–Crippen MR) is 78.2 cm³/mol. The van der Waals surface area contributed by atoms with Crippen LogP contribution in [0.3, 0.4) is 0 Å². The van der Waals surface area contributed by atoms with Crippen LogP contribution >= 0.6 is 11.6 Å². The summed E-state index contributed by atoms with van der Waals surface area (Å²) in [5.41, 5.74) is 0.918. The van der Waals surface area contributed by atoms with Crippen LogP contribution < -0.4 is 4.72 Å². The number of sulfonamides is 1. The van der Waals surface area contributed by atoms with E-state index in [0.717, 1.165) is 5.56 Å². The van der Waals surface area contributed by atoms with E-state index in [1.807, 2.05) is 0 Å². The number of nitrogens with zero attached hydrogens (tertiary/aromatic N) is 1. The number of hydrogen-bond donors (Lipinski definition) is 2. The Morgan fingerprint density at radius 1 is 1.29 bits per heavy atom. The first kappa shape index (κ1) is 15.3. The highest BCUT2D eigenvalue weighted by Crippen LogP contribution is 2.23. The summed E-state index contributed by atoms with van der Waals surface area (Å²) in [6.45, 7) is 1.75. The lowest BCUT2D eigenvalue weighted by Gasteiger charge is -2.10. The average molecular weight is 327 g/mol. The summed E-state index contributed by atoms with van der Waals surface area (Å²) in [4.78, 5) is 14.5. The second-order valence-electron chi connectivity index (χ2n) is 4.29. The average Bonchev–Trinajstić information content (AvgIpc) is 2.43. The molecule has 0 bridgehead atoms. The molecule has 2 aromatic rings. The molecule has 8 heteroatoms. The van der Waals surface area contributed by atoms with E-state index in [-0.39, 0.29) is 21.3 Å². The molecule has 0 saturated carbocycles. The Balaban J connectivity index is 2.34. The van der Waals surface area contributed by atoms with Gasteiger partial charge in [-0.1, -0.05) is 11.6 Å². The topological polar surface area (TPSA) is 96.4 Å². The smallest absolute Gasteiger partial charge is 0.335 e. The Kier molecular flexibility index (Phi) is 4.15. The first-order valence-corrected chi connectivity index (χ1v) is 7.64. The van der Waals surface area contributed by atoms with Gasteiger partial charge < -0.3 is 5.11 Å². The summed E-state index contributed by atoms with van der Waals surface area (Å²) in [7, 11) is -3.86. The molecule has 0 atom stereocenters. The molecule has 0 fully saturated rings. The first-order valence-electron chi connectivity index (χ1n) is 5.78. The number of carbonyl (C=O) groups is 1. The van der Waals surface area contributed by atoms with Crippen LogP contribution in [-0.2, 0) is 10.0 Å². The van der Waals surface area contributed by atoms with Crippen molar-refractivity contribution in [1.82, 2.24) is 4.98 Å².